The Morgan fingerprint density at radius 1 is 1.35 bits per heavy atom. The number of nitrogens with two attached hydrogens (primary N) is 1. The summed E-state index contributed by atoms with van der Waals surface area (Å²) in [5.74, 6) is 1.35. The molecule has 20 heavy (non-hydrogen) atoms. The van der Waals surface area contributed by atoms with Crippen molar-refractivity contribution in [2.75, 3.05) is 6.61 Å². The monoisotopic (exact) mass is 271 g/mol. The minimum absolute atomic E-state index is 0.146. The van der Waals surface area contributed by atoms with Crippen LogP contribution in [0.25, 0.3) is 0 Å². The zero-order chi connectivity index (χ0) is 13.8. The molecule has 1 aromatic carbocycles. The molecule has 1 unspecified atom stereocenters. The van der Waals surface area contributed by atoms with Crippen LogP contribution in [0.2, 0.25) is 0 Å². The third-order valence-corrected chi connectivity index (χ3v) is 3.29. The topological polar surface area (TPSA) is 72.8 Å². The molecule has 1 aliphatic rings. The summed E-state index contributed by atoms with van der Waals surface area (Å²) in [5, 5.41) is 3.25. The van der Waals surface area contributed by atoms with E-state index in [2.05, 4.69) is 16.4 Å². The lowest BCUT2D eigenvalue weighted by molar-refractivity contribution is 0.262. The van der Waals surface area contributed by atoms with Crippen molar-refractivity contribution in [3.8, 4) is 5.75 Å². The second-order valence-corrected chi connectivity index (χ2v) is 4.70. The molecule has 3 N–H and O–H groups in total. The highest BCUT2D eigenvalue weighted by Gasteiger charge is 2.21. The van der Waals surface area contributed by atoms with Crippen LogP contribution in [0, 0.1) is 0 Å². The quantitative estimate of drug-likeness (QED) is 0.663. The van der Waals surface area contributed by atoms with Gasteiger partial charge < -0.3 is 20.2 Å². The van der Waals surface area contributed by atoms with E-state index in [4.69, 9.17) is 14.9 Å². The van der Waals surface area contributed by atoms with E-state index in [0.29, 0.717) is 19.1 Å². The fourth-order valence-corrected chi connectivity index (χ4v) is 2.28. The van der Waals surface area contributed by atoms with E-state index < -0.39 is 0 Å². The first-order valence-electron chi connectivity index (χ1n) is 6.62. The largest absolute Gasteiger partial charge is 0.493 e. The summed E-state index contributed by atoms with van der Waals surface area (Å²) in [7, 11) is 0. The maximum Gasteiger partial charge on any atom is 0.189 e. The highest BCUT2D eigenvalue weighted by Crippen LogP contribution is 2.31. The number of fused-ring (bicyclic) bond motifs is 1. The number of furan rings is 1. The van der Waals surface area contributed by atoms with Crippen molar-refractivity contribution in [3.63, 3.8) is 0 Å². The summed E-state index contributed by atoms with van der Waals surface area (Å²) < 4.78 is 10.6. The van der Waals surface area contributed by atoms with Crippen LogP contribution in [0.4, 0.5) is 0 Å². The Bertz CT molecular complexity index is 593. The Hall–Kier alpha value is -2.43. The molecule has 1 aliphatic heterocycles. The second-order valence-electron chi connectivity index (χ2n) is 4.70. The van der Waals surface area contributed by atoms with Gasteiger partial charge in [0, 0.05) is 17.5 Å². The molecule has 3 rings (SSSR count). The number of rotatable bonds is 3. The maximum atomic E-state index is 5.95. The van der Waals surface area contributed by atoms with E-state index in [0.717, 1.165) is 23.3 Å². The summed E-state index contributed by atoms with van der Waals surface area (Å²) in [6.45, 7) is 1.20. The first-order chi connectivity index (χ1) is 9.83. The summed E-state index contributed by atoms with van der Waals surface area (Å²) in [4.78, 5) is 4.32. The number of hydrogen-bond donors (Lipinski definition) is 2. The zero-order valence-corrected chi connectivity index (χ0v) is 11.1. The van der Waals surface area contributed by atoms with Crippen LogP contribution in [0.5, 0.6) is 5.75 Å². The van der Waals surface area contributed by atoms with Crippen molar-refractivity contribution in [3.05, 3.63) is 54.0 Å². The summed E-state index contributed by atoms with van der Waals surface area (Å²) >= 11 is 0. The molecule has 104 valence electrons. The molecule has 0 amide bonds. The van der Waals surface area contributed by atoms with Gasteiger partial charge >= 0.3 is 0 Å². The van der Waals surface area contributed by atoms with Gasteiger partial charge in [0.25, 0.3) is 0 Å². The zero-order valence-electron chi connectivity index (χ0n) is 11.1. The first-order valence-corrected chi connectivity index (χ1v) is 6.62. The molecule has 2 heterocycles. The van der Waals surface area contributed by atoms with Crippen LogP contribution in [0.15, 0.2) is 52.3 Å². The van der Waals surface area contributed by atoms with Gasteiger partial charge in [-0.25, -0.2) is 4.99 Å². The second kappa shape index (κ2) is 5.69. The Morgan fingerprint density at radius 2 is 2.25 bits per heavy atom. The Morgan fingerprint density at radius 3 is 3.10 bits per heavy atom. The van der Waals surface area contributed by atoms with Gasteiger partial charge in [-0.05, 0) is 12.1 Å². The average molecular weight is 271 g/mol. The number of nitrogens with one attached hydrogen (secondary N) is 1. The fourth-order valence-electron chi connectivity index (χ4n) is 2.28. The molecule has 1 aromatic heterocycles. The highest BCUT2D eigenvalue weighted by molar-refractivity contribution is 5.78. The van der Waals surface area contributed by atoms with Gasteiger partial charge in [0.2, 0.25) is 0 Å². The minimum Gasteiger partial charge on any atom is -0.493 e. The molecule has 0 aliphatic carbocycles. The van der Waals surface area contributed by atoms with Gasteiger partial charge in [-0.1, -0.05) is 18.2 Å². The van der Waals surface area contributed by atoms with Crippen molar-refractivity contribution < 1.29 is 9.15 Å². The molecular weight excluding hydrogens is 254 g/mol. The van der Waals surface area contributed by atoms with Gasteiger partial charge in [-0.15, -0.1) is 0 Å². The van der Waals surface area contributed by atoms with Crippen molar-refractivity contribution >= 4 is 5.96 Å². The smallest absolute Gasteiger partial charge is 0.189 e. The third-order valence-electron chi connectivity index (χ3n) is 3.29. The Balaban J connectivity index is 1.67. The van der Waals surface area contributed by atoms with Gasteiger partial charge in [0.1, 0.15) is 5.75 Å². The molecule has 2 aromatic rings. The highest BCUT2D eigenvalue weighted by atomic mass is 16.5. The van der Waals surface area contributed by atoms with Gasteiger partial charge in [-0.3, -0.25) is 0 Å². The lowest BCUT2D eigenvalue weighted by atomic mass is 10.0. The summed E-state index contributed by atoms with van der Waals surface area (Å²) in [6, 6.07) is 10.0. The molecule has 0 saturated heterocycles. The molecule has 0 radical (unpaired) electrons. The number of nitrogens with zero attached hydrogens (tertiary/aromatic N) is 1. The molecule has 1 atom stereocenters. The average Bonchev–Trinajstić information content (AvgIpc) is 2.99. The lowest BCUT2D eigenvalue weighted by Crippen LogP contribution is -2.37. The van der Waals surface area contributed by atoms with Crippen LogP contribution in [-0.4, -0.2) is 12.6 Å². The van der Waals surface area contributed by atoms with E-state index >= 15 is 0 Å². The first kappa shape index (κ1) is 12.6. The van der Waals surface area contributed by atoms with E-state index in [9.17, 15) is 0 Å². The van der Waals surface area contributed by atoms with Crippen LogP contribution in [0.3, 0.4) is 0 Å². The Kier molecular flexibility index (Phi) is 3.58. The van der Waals surface area contributed by atoms with E-state index in [1.54, 1.807) is 12.5 Å². The van der Waals surface area contributed by atoms with Crippen molar-refractivity contribution in [1.29, 1.82) is 0 Å². The van der Waals surface area contributed by atoms with Crippen molar-refractivity contribution in [2.24, 2.45) is 10.7 Å². The number of aliphatic imine (C=N–C) groups is 1. The van der Waals surface area contributed by atoms with Crippen LogP contribution >= 0.6 is 0 Å². The molecule has 0 spiro atoms. The normalized spacial score (nSPS) is 18.2. The van der Waals surface area contributed by atoms with E-state index in [1.807, 2.05) is 24.3 Å². The predicted octanol–water partition coefficient (Wildman–Crippen LogP) is 2.21. The molecule has 0 bridgehead atoms. The number of para-hydroxylation sites is 1. The summed E-state index contributed by atoms with van der Waals surface area (Å²) in [5.41, 5.74) is 8.07. The summed E-state index contributed by atoms with van der Waals surface area (Å²) in [6.07, 6.45) is 4.17. The maximum absolute atomic E-state index is 5.95. The van der Waals surface area contributed by atoms with E-state index in [1.165, 1.54) is 0 Å². The van der Waals surface area contributed by atoms with Gasteiger partial charge in [-0.2, -0.15) is 0 Å². The number of hydrogen-bond acceptors (Lipinski definition) is 3. The van der Waals surface area contributed by atoms with E-state index in [-0.39, 0.29) is 6.04 Å². The number of benzene rings is 1. The number of ether oxygens (including phenoxy) is 1. The third kappa shape index (κ3) is 2.77. The van der Waals surface area contributed by atoms with Crippen LogP contribution < -0.4 is 15.8 Å². The van der Waals surface area contributed by atoms with Crippen molar-refractivity contribution in [1.82, 2.24) is 5.32 Å². The van der Waals surface area contributed by atoms with Gasteiger partial charge in [0.05, 0.1) is 31.7 Å². The lowest BCUT2D eigenvalue weighted by Gasteiger charge is -2.26. The predicted molar refractivity (Wildman–Crippen MR) is 76.5 cm³/mol. The molecule has 5 nitrogen and oxygen atoms in total. The minimum atomic E-state index is 0.146. The van der Waals surface area contributed by atoms with Crippen LogP contribution in [-0.2, 0) is 6.54 Å². The molecule has 0 fully saturated rings. The van der Waals surface area contributed by atoms with Crippen molar-refractivity contribution in [2.45, 2.75) is 19.0 Å². The fraction of sp³-hybridized carbons (Fsp3) is 0.267. The standard InChI is InChI=1S/C15H17N3O2/c16-15(17-9-11-5-7-19-10-11)18-13-6-8-20-14-4-2-1-3-12(13)14/h1-5,7,10,13H,6,8-9H2,(H3,16,17,18). The SMILES string of the molecule is NC(=NCc1ccoc1)NC1CCOc2ccccc21. The molecule has 0 saturated carbocycles. The number of guanidine groups is 1. The molecular formula is C15H17N3O2. The molecule has 5 heteroatoms. The van der Waals surface area contributed by atoms with Crippen LogP contribution in [0.1, 0.15) is 23.6 Å². The Labute approximate surface area is 117 Å². The van der Waals surface area contributed by atoms with Gasteiger partial charge in [0.15, 0.2) is 5.96 Å².